The fraction of sp³-hybridized carbons (Fsp3) is 0.250. The van der Waals surface area contributed by atoms with Gasteiger partial charge in [0.25, 0.3) is 0 Å². The lowest BCUT2D eigenvalue weighted by molar-refractivity contribution is 0.606. The summed E-state index contributed by atoms with van der Waals surface area (Å²) in [5, 5.41) is 0. The van der Waals surface area contributed by atoms with Gasteiger partial charge in [-0.1, -0.05) is 75.2 Å². The summed E-state index contributed by atoms with van der Waals surface area (Å²) in [6, 6.07) is 18.0. The summed E-state index contributed by atoms with van der Waals surface area (Å²) in [4.78, 5) is 0. The van der Waals surface area contributed by atoms with Crippen molar-refractivity contribution in [2.24, 2.45) is 0 Å². The van der Waals surface area contributed by atoms with Crippen molar-refractivity contribution in [2.45, 2.75) is 39.5 Å². The fourth-order valence-electron chi connectivity index (χ4n) is 3.27. The van der Waals surface area contributed by atoms with E-state index in [2.05, 4.69) is 13.8 Å². The zero-order chi connectivity index (χ0) is 18.5. The molecule has 0 amide bonds. The van der Waals surface area contributed by atoms with Gasteiger partial charge < -0.3 is 0 Å². The minimum Gasteiger partial charge on any atom is -0.206 e. The van der Waals surface area contributed by atoms with E-state index in [1.165, 1.54) is 23.3 Å². The summed E-state index contributed by atoms with van der Waals surface area (Å²) in [5.41, 5.74) is 4.42. The molecule has 0 aliphatic heterocycles. The molecule has 0 spiro atoms. The summed E-state index contributed by atoms with van der Waals surface area (Å²) in [5.74, 6) is -0.801. The topological polar surface area (TPSA) is 0 Å². The molecule has 0 aromatic heterocycles. The highest BCUT2D eigenvalue weighted by Gasteiger charge is 2.13. The van der Waals surface area contributed by atoms with Crippen molar-refractivity contribution in [2.75, 3.05) is 0 Å². The Morgan fingerprint density at radius 2 is 0.923 bits per heavy atom. The minimum atomic E-state index is -0.401. The van der Waals surface area contributed by atoms with Crippen LogP contribution >= 0.6 is 0 Å². The van der Waals surface area contributed by atoms with Gasteiger partial charge in [-0.05, 0) is 47.2 Å². The number of hydrogen-bond donors (Lipinski definition) is 0. The summed E-state index contributed by atoms with van der Waals surface area (Å²) < 4.78 is 29.4. The van der Waals surface area contributed by atoms with Crippen molar-refractivity contribution in [3.63, 3.8) is 0 Å². The molecule has 0 fully saturated rings. The van der Waals surface area contributed by atoms with E-state index in [1.807, 2.05) is 48.5 Å². The quantitative estimate of drug-likeness (QED) is 0.441. The van der Waals surface area contributed by atoms with E-state index in [0.29, 0.717) is 22.3 Å². The Morgan fingerprint density at radius 3 is 1.23 bits per heavy atom. The largest absolute Gasteiger partial charge is 0.206 e. The van der Waals surface area contributed by atoms with Crippen LogP contribution in [-0.2, 0) is 12.8 Å². The standard InChI is InChI=1S/C24H24F2/c1-3-5-17-7-11-19(12-8-17)21-15-24(26)22(16-23(21)25)20-13-9-18(6-4-2)10-14-20/h7-16H,3-6H2,1-2H3. The monoisotopic (exact) mass is 350 g/mol. The predicted molar refractivity (Wildman–Crippen MR) is 105 cm³/mol. The molecule has 0 atom stereocenters. The molecule has 0 radical (unpaired) electrons. The summed E-state index contributed by atoms with van der Waals surface area (Å²) in [7, 11) is 0. The van der Waals surface area contributed by atoms with E-state index in [0.717, 1.165) is 25.7 Å². The Labute approximate surface area is 154 Å². The van der Waals surface area contributed by atoms with Crippen molar-refractivity contribution in [1.29, 1.82) is 0 Å². The first-order chi connectivity index (χ1) is 12.6. The molecule has 134 valence electrons. The third-order valence-electron chi connectivity index (χ3n) is 4.66. The number of aryl methyl sites for hydroxylation is 2. The molecule has 0 N–H and O–H groups in total. The third-order valence-corrected chi connectivity index (χ3v) is 4.66. The molecule has 26 heavy (non-hydrogen) atoms. The van der Waals surface area contributed by atoms with E-state index in [9.17, 15) is 8.78 Å². The maximum absolute atomic E-state index is 14.7. The highest BCUT2D eigenvalue weighted by molar-refractivity contribution is 5.72. The Kier molecular flexibility index (Phi) is 5.82. The molecule has 3 aromatic carbocycles. The SMILES string of the molecule is CCCc1ccc(-c2cc(F)c(-c3ccc(CCC)cc3)cc2F)cc1. The van der Waals surface area contributed by atoms with Gasteiger partial charge in [0, 0.05) is 11.1 Å². The molecular formula is C24H24F2. The van der Waals surface area contributed by atoms with Gasteiger partial charge in [0.2, 0.25) is 0 Å². The third kappa shape index (κ3) is 4.01. The van der Waals surface area contributed by atoms with Crippen LogP contribution < -0.4 is 0 Å². The van der Waals surface area contributed by atoms with Crippen LogP contribution in [0.2, 0.25) is 0 Å². The number of halogens is 2. The molecule has 0 aliphatic rings. The van der Waals surface area contributed by atoms with E-state index < -0.39 is 11.6 Å². The highest BCUT2D eigenvalue weighted by Crippen LogP contribution is 2.31. The molecule has 3 rings (SSSR count). The lowest BCUT2D eigenvalue weighted by atomic mass is 9.97. The van der Waals surface area contributed by atoms with Crippen LogP contribution in [0.5, 0.6) is 0 Å². The first kappa shape index (κ1) is 18.3. The molecule has 0 nitrogen and oxygen atoms in total. The van der Waals surface area contributed by atoms with Crippen LogP contribution in [0.4, 0.5) is 8.78 Å². The lowest BCUT2D eigenvalue weighted by Crippen LogP contribution is -1.93. The van der Waals surface area contributed by atoms with Crippen LogP contribution in [-0.4, -0.2) is 0 Å². The molecule has 0 saturated carbocycles. The van der Waals surface area contributed by atoms with Gasteiger partial charge in [-0.25, -0.2) is 8.78 Å². The molecule has 2 heteroatoms. The van der Waals surface area contributed by atoms with Crippen LogP contribution in [0.25, 0.3) is 22.3 Å². The normalized spacial score (nSPS) is 10.9. The van der Waals surface area contributed by atoms with Gasteiger partial charge in [0.05, 0.1) is 0 Å². The van der Waals surface area contributed by atoms with Crippen molar-refractivity contribution in [3.05, 3.63) is 83.4 Å². The van der Waals surface area contributed by atoms with Gasteiger partial charge in [0.1, 0.15) is 11.6 Å². The van der Waals surface area contributed by atoms with E-state index >= 15 is 0 Å². The van der Waals surface area contributed by atoms with Crippen molar-refractivity contribution >= 4 is 0 Å². The minimum absolute atomic E-state index is 0.303. The Hall–Kier alpha value is -2.48. The van der Waals surface area contributed by atoms with Crippen LogP contribution in [0.15, 0.2) is 60.7 Å². The highest BCUT2D eigenvalue weighted by atomic mass is 19.1. The summed E-state index contributed by atoms with van der Waals surface area (Å²) in [6.45, 7) is 4.24. The van der Waals surface area contributed by atoms with Crippen LogP contribution in [0.1, 0.15) is 37.8 Å². The lowest BCUT2D eigenvalue weighted by Gasteiger charge is -2.10. The molecule has 0 aliphatic carbocycles. The van der Waals surface area contributed by atoms with E-state index in [4.69, 9.17) is 0 Å². The maximum Gasteiger partial charge on any atom is 0.131 e. The first-order valence-corrected chi connectivity index (χ1v) is 9.30. The second-order valence-electron chi connectivity index (χ2n) is 6.71. The molecule has 3 aromatic rings. The predicted octanol–water partition coefficient (Wildman–Crippen LogP) is 7.20. The molecule has 0 heterocycles. The van der Waals surface area contributed by atoms with Crippen molar-refractivity contribution in [1.82, 2.24) is 0 Å². The second kappa shape index (κ2) is 8.27. The Morgan fingerprint density at radius 1 is 0.577 bits per heavy atom. The second-order valence-corrected chi connectivity index (χ2v) is 6.71. The van der Waals surface area contributed by atoms with Crippen LogP contribution in [0, 0.1) is 11.6 Å². The van der Waals surface area contributed by atoms with Crippen molar-refractivity contribution in [3.8, 4) is 22.3 Å². The maximum atomic E-state index is 14.7. The number of rotatable bonds is 6. The van der Waals surface area contributed by atoms with Gasteiger partial charge >= 0.3 is 0 Å². The number of hydrogen-bond acceptors (Lipinski definition) is 0. The van der Waals surface area contributed by atoms with E-state index in [-0.39, 0.29) is 0 Å². The van der Waals surface area contributed by atoms with Gasteiger partial charge in [0.15, 0.2) is 0 Å². The first-order valence-electron chi connectivity index (χ1n) is 9.30. The van der Waals surface area contributed by atoms with Gasteiger partial charge in [-0.15, -0.1) is 0 Å². The summed E-state index contributed by atoms with van der Waals surface area (Å²) in [6.07, 6.45) is 4.11. The Balaban J connectivity index is 1.92. The molecule has 0 bridgehead atoms. The van der Waals surface area contributed by atoms with Gasteiger partial charge in [-0.3, -0.25) is 0 Å². The van der Waals surface area contributed by atoms with E-state index in [1.54, 1.807) is 0 Å². The molecular weight excluding hydrogens is 326 g/mol. The Bertz CT molecular complexity index is 787. The van der Waals surface area contributed by atoms with Gasteiger partial charge in [-0.2, -0.15) is 0 Å². The average Bonchev–Trinajstić information content (AvgIpc) is 2.65. The van der Waals surface area contributed by atoms with Crippen molar-refractivity contribution < 1.29 is 8.78 Å². The molecule has 0 unspecified atom stereocenters. The average molecular weight is 350 g/mol. The smallest absolute Gasteiger partial charge is 0.131 e. The zero-order valence-electron chi connectivity index (χ0n) is 15.4. The zero-order valence-corrected chi connectivity index (χ0v) is 15.4. The van der Waals surface area contributed by atoms with Crippen LogP contribution in [0.3, 0.4) is 0 Å². The fourth-order valence-corrected chi connectivity index (χ4v) is 3.27. The number of benzene rings is 3. The molecule has 0 saturated heterocycles. The summed E-state index contributed by atoms with van der Waals surface area (Å²) >= 11 is 0.